The maximum Gasteiger partial charge on any atom is 0.332 e. The van der Waals surface area contributed by atoms with Gasteiger partial charge in [-0.05, 0) is 23.7 Å². The average Bonchev–Trinajstić information content (AvgIpc) is 2.08. The van der Waals surface area contributed by atoms with Gasteiger partial charge in [-0.2, -0.15) is 0 Å². The fraction of sp³-hybridized carbons (Fsp3) is 0.714. The molecular formula is C14H24O4. The molecule has 0 bridgehead atoms. The SMILES string of the molecule is CC(C)CC(C)/C(C(=O)O)=C(\C(=O)O)C(C)(C)C. The molecule has 0 aromatic carbocycles. The molecule has 2 N–H and O–H groups in total. The minimum absolute atomic E-state index is 0.00292. The molecule has 0 aliphatic rings. The molecule has 0 saturated heterocycles. The van der Waals surface area contributed by atoms with E-state index in [-0.39, 0.29) is 17.1 Å². The van der Waals surface area contributed by atoms with Gasteiger partial charge in [-0.15, -0.1) is 0 Å². The van der Waals surface area contributed by atoms with Crippen molar-refractivity contribution >= 4 is 11.9 Å². The predicted octanol–water partition coefficient (Wildman–Crippen LogP) is 3.18. The van der Waals surface area contributed by atoms with Gasteiger partial charge in [-0.3, -0.25) is 0 Å². The lowest BCUT2D eigenvalue weighted by molar-refractivity contribution is -0.137. The summed E-state index contributed by atoms with van der Waals surface area (Å²) < 4.78 is 0. The highest BCUT2D eigenvalue weighted by Crippen LogP contribution is 2.33. The van der Waals surface area contributed by atoms with E-state index in [1.165, 1.54) is 0 Å². The van der Waals surface area contributed by atoms with Gasteiger partial charge in [-0.1, -0.05) is 41.5 Å². The van der Waals surface area contributed by atoms with Crippen LogP contribution < -0.4 is 0 Å². The summed E-state index contributed by atoms with van der Waals surface area (Å²) in [5.74, 6) is -2.22. The molecule has 0 fully saturated rings. The number of carboxylic acid groups (broad SMARTS) is 2. The second-order valence-corrected chi connectivity index (χ2v) is 6.18. The standard InChI is InChI=1S/C14H24O4/c1-8(2)7-9(3)10(12(15)16)11(13(17)18)14(4,5)6/h8-9H,7H2,1-6H3,(H,15,16)(H,17,18)/b11-10-. The molecule has 0 heterocycles. The van der Waals surface area contributed by atoms with Crippen molar-refractivity contribution < 1.29 is 19.8 Å². The van der Waals surface area contributed by atoms with Crippen LogP contribution >= 0.6 is 0 Å². The van der Waals surface area contributed by atoms with Crippen molar-refractivity contribution in [1.29, 1.82) is 0 Å². The Kier molecular flexibility index (Phi) is 5.58. The lowest BCUT2D eigenvalue weighted by Gasteiger charge is -2.25. The largest absolute Gasteiger partial charge is 0.478 e. The lowest BCUT2D eigenvalue weighted by Crippen LogP contribution is -2.26. The first kappa shape index (κ1) is 16.7. The monoisotopic (exact) mass is 256 g/mol. The normalized spacial score (nSPS) is 15.3. The Bertz CT molecular complexity index is 358. The van der Waals surface area contributed by atoms with Gasteiger partial charge in [0.1, 0.15) is 0 Å². The summed E-state index contributed by atoms with van der Waals surface area (Å²) in [5, 5.41) is 18.6. The van der Waals surface area contributed by atoms with Crippen LogP contribution in [0.4, 0.5) is 0 Å². The van der Waals surface area contributed by atoms with Crippen LogP contribution in [-0.2, 0) is 9.59 Å². The van der Waals surface area contributed by atoms with Crippen LogP contribution in [0.5, 0.6) is 0 Å². The molecule has 18 heavy (non-hydrogen) atoms. The topological polar surface area (TPSA) is 74.6 Å². The molecule has 104 valence electrons. The van der Waals surface area contributed by atoms with Crippen molar-refractivity contribution in [3.8, 4) is 0 Å². The van der Waals surface area contributed by atoms with E-state index in [1.807, 2.05) is 13.8 Å². The van der Waals surface area contributed by atoms with Crippen LogP contribution in [0.2, 0.25) is 0 Å². The van der Waals surface area contributed by atoms with E-state index in [1.54, 1.807) is 27.7 Å². The number of carbonyl (C=O) groups is 2. The Morgan fingerprint density at radius 2 is 1.44 bits per heavy atom. The summed E-state index contributed by atoms with van der Waals surface area (Å²) >= 11 is 0. The quantitative estimate of drug-likeness (QED) is 0.741. The van der Waals surface area contributed by atoms with Crippen LogP contribution in [0, 0.1) is 17.3 Å². The summed E-state index contributed by atoms with van der Waals surface area (Å²) in [6.07, 6.45) is 0.661. The van der Waals surface area contributed by atoms with Crippen molar-refractivity contribution in [2.45, 2.75) is 48.0 Å². The lowest BCUT2D eigenvalue weighted by atomic mass is 9.78. The molecule has 0 aromatic heterocycles. The van der Waals surface area contributed by atoms with E-state index in [4.69, 9.17) is 0 Å². The molecule has 0 radical (unpaired) electrons. The second kappa shape index (κ2) is 6.03. The highest BCUT2D eigenvalue weighted by Gasteiger charge is 2.33. The summed E-state index contributed by atoms with van der Waals surface area (Å²) in [6.45, 7) is 10.9. The van der Waals surface area contributed by atoms with Crippen molar-refractivity contribution in [2.75, 3.05) is 0 Å². The van der Waals surface area contributed by atoms with Crippen LogP contribution in [0.25, 0.3) is 0 Å². The van der Waals surface area contributed by atoms with E-state index in [2.05, 4.69) is 0 Å². The molecule has 4 nitrogen and oxygen atoms in total. The molecule has 0 rings (SSSR count). The third-order valence-electron chi connectivity index (χ3n) is 2.78. The fourth-order valence-electron chi connectivity index (χ4n) is 2.23. The Morgan fingerprint density at radius 3 is 1.67 bits per heavy atom. The van der Waals surface area contributed by atoms with Crippen molar-refractivity contribution in [1.82, 2.24) is 0 Å². The third-order valence-corrected chi connectivity index (χ3v) is 2.78. The first-order chi connectivity index (χ1) is 7.98. The Hall–Kier alpha value is -1.32. The molecule has 0 aliphatic heterocycles. The van der Waals surface area contributed by atoms with Crippen molar-refractivity contribution in [2.24, 2.45) is 17.3 Å². The number of hydrogen-bond donors (Lipinski definition) is 2. The molecular weight excluding hydrogens is 232 g/mol. The van der Waals surface area contributed by atoms with E-state index >= 15 is 0 Å². The zero-order chi connectivity index (χ0) is 14.7. The molecule has 0 aromatic rings. The number of carboxylic acids is 2. The Morgan fingerprint density at radius 1 is 1.00 bits per heavy atom. The van der Waals surface area contributed by atoms with Crippen LogP contribution in [0.1, 0.15) is 48.0 Å². The molecule has 0 amide bonds. The molecule has 1 unspecified atom stereocenters. The highest BCUT2D eigenvalue weighted by atomic mass is 16.4. The average molecular weight is 256 g/mol. The first-order valence-corrected chi connectivity index (χ1v) is 6.19. The fourth-order valence-corrected chi connectivity index (χ4v) is 2.23. The van der Waals surface area contributed by atoms with E-state index in [0.29, 0.717) is 12.3 Å². The van der Waals surface area contributed by atoms with Crippen LogP contribution in [0.15, 0.2) is 11.1 Å². The van der Waals surface area contributed by atoms with Gasteiger partial charge in [0, 0.05) is 0 Å². The number of aliphatic carboxylic acids is 2. The molecule has 0 aliphatic carbocycles. The van der Waals surface area contributed by atoms with Crippen molar-refractivity contribution in [3.63, 3.8) is 0 Å². The summed E-state index contributed by atoms with van der Waals surface area (Å²) in [5.41, 5.74) is -0.656. The maximum absolute atomic E-state index is 11.4. The zero-order valence-corrected chi connectivity index (χ0v) is 12.1. The van der Waals surface area contributed by atoms with Gasteiger partial charge < -0.3 is 10.2 Å². The number of rotatable bonds is 5. The van der Waals surface area contributed by atoms with Gasteiger partial charge in [0.2, 0.25) is 0 Å². The van der Waals surface area contributed by atoms with Gasteiger partial charge in [0.15, 0.2) is 0 Å². The number of hydrogen-bond acceptors (Lipinski definition) is 2. The molecule has 0 saturated carbocycles. The second-order valence-electron chi connectivity index (χ2n) is 6.18. The summed E-state index contributed by atoms with van der Waals surface area (Å²) in [6, 6.07) is 0. The summed E-state index contributed by atoms with van der Waals surface area (Å²) in [4.78, 5) is 22.8. The van der Waals surface area contributed by atoms with Gasteiger partial charge in [-0.25, -0.2) is 9.59 Å². The minimum Gasteiger partial charge on any atom is -0.478 e. The van der Waals surface area contributed by atoms with E-state index in [9.17, 15) is 19.8 Å². The van der Waals surface area contributed by atoms with Crippen LogP contribution in [-0.4, -0.2) is 22.2 Å². The predicted molar refractivity (Wildman–Crippen MR) is 70.4 cm³/mol. The zero-order valence-electron chi connectivity index (χ0n) is 12.1. The smallest absolute Gasteiger partial charge is 0.332 e. The van der Waals surface area contributed by atoms with Gasteiger partial charge >= 0.3 is 11.9 Å². The Labute approximate surface area is 109 Å². The summed E-state index contributed by atoms with van der Waals surface area (Å²) in [7, 11) is 0. The maximum atomic E-state index is 11.4. The molecule has 4 heteroatoms. The first-order valence-electron chi connectivity index (χ1n) is 6.19. The van der Waals surface area contributed by atoms with Crippen molar-refractivity contribution in [3.05, 3.63) is 11.1 Å². The molecule has 0 spiro atoms. The highest BCUT2D eigenvalue weighted by molar-refractivity contribution is 6.00. The minimum atomic E-state index is -1.14. The van der Waals surface area contributed by atoms with Gasteiger partial charge in [0.25, 0.3) is 0 Å². The van der Waals surface area contributed by atoms with Gasteiger partial charge in [0.05, 0.1) is 11.1 Å². The third kappa shape index (κ3) is 4.51. The Balaban J connectivity index is 5.79. The van der Waals surface area contributed by atoms with Crippen LogP contribution in [0.3, 0.4) is 0 Å². The van der Waals surface area contributed by atoms with E-state index < -0.39 is 17.4 Å². The molecule has 1 atom stereocenters. The van der Waals surface area contributed by atoms with E-state index in [0.717, 1.165) is 0 Å².